The number of amides is 1. The van der Waals surface area contributed by atoms with Crippen LogP contribution in [0.25, 0.3) is 0 Å². The SMILES string of the molecule is NC1CCCC1C(=O)NC1CCOC1C1CC1. The molecule has 4 atom stereocenters. The summed E-state index contributed by atoms with van der Waals surface area (Å²) >= 11 is 0. The van der Waals surface area contributed by atoms with Gasteiger partial charge in [0.05, 0.1) is 18.1 Å². The second-order valence-corrected chi connectivity index (χ2v) is 5.78. The van der Waals surface area contributed by atoms with E-state index in [1.54, 1.807) is 0 Å². The molecule has 1 saturated heterocycles. The van der Waals surface area contributed by atoms with Gasteiger partial charge in [-0.1, -0.05) is 6.42 Å². The van der Waals surface area contributed by atoms with Gasteiger partial charge in [-0.25, -0.2) is 0 Å². The van der Waals surface area contributed by atoms with Crippen LogP contribution in [0.1, 0.15) is 38.5 Å². The molecular formula is C13H22N2O2. The average molecular weight is 238 g/mol. The maximum absolute atomic E-state index is 12.2. The Morgan fingerprint density at radius 1 is 1.18 bits per heavy atom. The molecule has 3 rings (SSSR count). The van der Waals surface area contributed by atoms with Gasteiger partial charge in [-0.2, -0.15) is 0 Å². The molecule has 0 bridgehead atoms. The summed E-state index contributed by atoms with van der Waals surface area (Å²) in [6, 6.07) is 0.305. The summed E-state index contributed by atoms with van der Waals surface area (Å²) in [6.45, 7) is 0.794. The monoisotopic (exact) mass is 238 g/mol. The predicted octanol–water partition coefficient (Wildman–Crippen LogP) is 0.797. The largest absolute Gasteiger partial charge is 0.376 e. The van der Waals surface area contributed by atoms with Gasteiger partial charge in [-0.05, 0) is 38.0 Å². The van der Waals surface area contributed by atoms with Crippen molar-refractivity contribution in [2.24, 2.45) is 17.6 Å². The minimum atomic E-state index is 0.0375. The number of hydrogen-bond acceptors (Lipinski definition) is 3. The fourth-order valence-electron chi connectivity index (χ4n) is 3.26. The zero-order valence-corrected chi connectivity index (χ0v) is 10.2. The van der Waals surface area contributed by atoms with Gasteiger partial charge < -0.3 is 15.8 Å². The van der Waals surface area contributed by atoms with Crippen molar-refractivity contribution in [1.29, 1.82) is 0 Å². The molecular weight excluding hydrogens is 216 g/mol. The van der Waals surface area contributed by atoms with Crippen LogP contribution in [0.5, 0.6) is 0 Å². The van der Waals surface area contributed by atoms with Gasteiger partial charge in [0.15, 0.2) is 0 Å². The zero-order valence-electron chi connectivity index (χ0n) is 10.2. The van der Waals surface area contributed by atoms with Crippen LogP contribution in [-0.2, 0) is 9.53 Å². The Labute approximate surface area is 102 Å². The minimum absolute atomic E-state index is 0.0375. The summed E-state index contributed by atoms with van der Waals surface area (Å²) in [6.07, 6.45) is 6.80. The van der Waals surface area contributed by atoms with E-state index in [0.29, 0.717) is 5.92 Å². The van der Waals surface area contributed by atoms with Gasteiger partial charge in [0, 0.05) is 12.6 Å². The van der Waals surface area contributed by atoms with Gasteiger partial charge in [0.2, 0.25) is 5.91 Å². The molecule has 96 valence electrons. The first-order valence-electron chi connectivity index (χ1n) is 6.93. The Hall–Kier alpha value is -0.610. The van der Waals surface area contributed by atoms with E-state index in [0.717, 1.165) is 32.3 Å². The highest BCUT2D eigenvalue weighted by atomic mass is 16.5. The smallest absolute Gasteiger partial charge is 0.224 e. The van der Waals surface area contributed by atoms with Gasteiger partial charge in [0.1, 0.15) is 0 Å². The van der Waals surface area contributed by atoms with E-state index in [-0.39, 0.29) is 30.0 Å². The van der Waals surface area contributed by atoms with Crippen molar-refractivity contribution in [2.75, 3.05) is 6.61 Å². The minimum Gasteiger partial charge on any atom is -0.376 e. The molecule has 2 saturated carbocycles. The van der Waals surface area contributed by atoms with E-state index in [9.17, 15) is 4.79 Å². The molecule has 17 heavy (non-hydrogen) atoms. The lowest BCUT2D eigenvalue weighted by Gasteiger charge is -2.22. The third-order valence-corrected chi connectivity index (χ3v) is 4.46. The first-order valence-corrected chi connectivity index (χ1v) is 6.93. The lowest BCUT2D eigenvalue weighted by molar-refractivity contribution is -0.126. The summed E-state index contributed by atoms with van der Waals surface area (Å²) in [5, 5.41) is 3.18. The summed E-state index contributed by atoms with van der Waals surface area (Å²) in [4.78, 5) is 12.2. The molecule has 4 heteroatoms. The molecule has 1 aliphatic heterocycles. The van der Waals surface area contributed by atoms with E-state index < -0.39 is 0 Å². The van der Waals surface area contributed by atoms with E-state index in [1.807, 2.05) is 0 Å². The molecule has 0 aromatic heterocycles. The summed E-state index contributed by atoms with van der Waals surface area (Å²) < 4.78 is 5.73. The Kier molecular flexibility index (Phi) is 3.09. The van der Waals surface area contributed by atoms with Crippen molar-refractivity contribution in [3.8, 4) is 0 Å². The van der Waals surface area contributed by atoms with E-state index in [2.05, 4.69) is 5.32 Å². The normalized spacial score (nSPS) is 41.7. The Balaban J connectivity index is 1.56. The number of hydrogen-bond donors (Lipinski definition) is 2. The maximum Gasteiger partial charge on any atom is 0.224 e. The quantitative estimate of drug-likeness (QED) is 0.764. The fraction of sp³-hybridized carbons (Fsp3) is 0.923. The van der Waals surface area contributed by atoms with Crippen LogP contribution < -0.4 is 11.1 Å². The first kappa shape index (κ1) is 11.5. The number of carbonyl (C=O) groups is 1. The molecule has 0 aromatic carbocycles. The lowest BCUT2D eigenvalue weighted by Crippen LogP contribution is -2.46. The number of ether oxygens (including phenoxy) is 1. The third-order valence-electron chi connectivity index (χ3n) is 4.46. The Bertz CT molecular complexity index is 304. The van der Waals surface area contributed by atoms with Crippen molar-refractivity contribution < 1.29 is 9.53 Å². The highest BCUT2D eigenvalue weighted by molar-refractivity contribution is 5.80. The van der Waals surface area contributed by atoms with Crippen molar-refractivity contribution in [3.05, 3.63) is 0 Å². The van der Waals surface area contributed by atoms with Crippen LogP contribution in [-0.4, -0.2) is 30.7 Å². The van der Waals surface area contributed by atoms with Crippen molar-refractivity contribution in [3.63, 3.8) is 0 Å². The molecule has 2 aliphatic carbocycles. The molecule has 0 spiro atoms. The maximum atomic E-state index is 12.2. The van der Waals surface area contributed by atoms with Crippen LogP contribution >= 0.6 is 0 Å². The second kappa shape index (κ2) is 4.58. The highest BCUT2D eigenvalue weighted by Gasteiger charge is 2.42. The van der Waals surface area contributed by atoms with Crippen LogP contribution in [0.3, 0.4) is 0 Å². The van der Waals surface area contributed by atoms with Crippen molar-refractivity contribution in [2.45, 2.75) is 56.7 Å². The van der Waals surface area contributed by atoms with E-state index in [4.69, 9.17) is 10.5 Å². The van der Waals surface area contributed by atoms with Crippen LogP contribution in [0.2, 0.25) is 0 Å². The number of rotatable bonds is 3. The number of carbonyl (C=O) groups excluding carboxylic acids is 1. The van der Waals surface area contributed by atoms with Gasteiger partial charge in [-0.3, -0.25) is 4.79 Å². The fourth-order valence-corrected chi connectivity index (χ4v) is 3.26. The molecule has 3 fully saturated rings. The van der Waals surface area contributed by atoms with Crippen LogP contribution in [0.4, 0.5) is 0 Å². The molecule has 0 aromatic rings. The van der Waals surface area contributed by atoms with Gasteiger partial charge in [0.25, 0.3) is 0 Å². The predicted molar refractivity (Wildman–Crippen MR) is 64.3 cm³/mol. The van der Waals surface area contributed by atoms with Crippen LogP contribution in [0, 0.1) is 11.8 Å². The lowest BCUT2D eigenvalue weighted by atomic mass is 10.0. The zero-order chi connectivity index (χ0) is 11.8. The van der Waals surface area contributed by atoms with Gasteiger partial charge >= 0.3 is 0 Å². The highest BCUT2D eigenvalue weighted by Crippen LogP contribution is 2.39. The molecule has 3 aliphatic rings. The second-order valence-electron chi connectivity index (χ2n) is 5.78. The molecule has 3 N–H and O–H groups in total. The van der Waals surface area contributed by atoms with Gasteiger partial charge in [-0.15, -0.1) is 0 Å². The third kappa shape index (κ3) is 2.33. The van der Waals surface area contributed by atoms with Crippen LogP contribution in [0.15, 0.2) is 0 Å². The molecule has 0 radical (unpaired) electrons. The summed E-state index contributed by atoms with van der Waals surface area (Å²) in [5.41, 5.74) is 5.97. The summed E-state index contributed by atoms with van der Waals surface area (Å²) in [5.74, 6) is 0.895. The van der Waals surface area contributed by atoms with Crippen molar-refractivity contribution in [1.82, 2.24) is 5.32 Å². The first-order chi connectivity index (χ1) is 8.25. The number of nitrogens with one attached hydrogen (secondary N) is 1. The average Bonchev–Trinajstić information content (AvgIpc) is 2.89. The molecule has 4 nitrogen and oxygen atoms in total. The Morgan fingerprint density at radius 3 is 2.65 bits per heavy atom. The van der Waals surface area contributed by atoms with E-state index >= 15 is 0 Å². The molecule has 4 unspecified atom stereocenters. The summed E-state index contributed by atoms with van der Waals surface area (Å²) in [7, 11) is 0. The van der Waals surface area contributed by atoms with E-state index in [1.165, 1.54) is 12.8 Å². The molecule has 1 heterocycles. The number of nitrogens with two attached hydrogens (primary N) is 1. The Morgan fingerprint density at radius 2 is 2.00 bits per heavy atom. The standard InChI is InChI=1S/C13H22N2O2/c14-10-3-1-2-9(10)13(16)15-11-6-7-17-12(11)8-4-5-8/h8-12H,1-7,14H2,(H,15,16). The molecule has 1 amide bonds. The topological polar surface area (TPSA) is 64.4 Å². The van der Waals surface area contributed by atoms with Crippen molar-refractivity contribution >= 4 is 5.91 Å².